The van der Waals surface area contributed by atoms with Crippen molar-refractivity contribution >= 4 is 17.6 Å². The van der Waals surface area contributed by atoms with Crippen LogP contribution in [-0.2, 0) is 16.0 Å². The molecular weight excluding hydrogens is 266 g/mol. The lowest BCUT2D eigenvalue weighted by Gasteiger charge is -2.27. The molecule has 0 radical (unpaired) electrons. The maximum atomic E-state index is 12.6. The molecular formula is C17H21NO3. The van der Waals surface area contributed by atoms with Gasteiger partial charge in [0.25, 0.3) is 0 Å². The molecule has 4 heteroatoms. The lowest BCUT2D eigenvalue weighted by Crippen LogP contribution is -2.38. The van der Waals surface area contributed by atoms with Gasteiger partial charge < -0.3 is 10.4 Å². The van der Waals surface area contributed by atoms with E-state index in [0.29, 0.717) is 0 Å². The second kappa shape index (κ2) is 5.51. The van der Waals surface area contributed by atoms with Gasteiger partial charge in [0.15, 0.2) is 0 Å². The Balaban J connectivity index is 1.80. The number of benzene rings is 1. The van der Waals surface area contributed by atoms with E-state index in [1.807, 2.05) is 31.2 Å². The molecule has 0 heterocycles. The van der Waals surface area contributed by atoms with Crippen LogP contribution in [0.4, 0.5) is 5.69 Å². The normalized spacial score (nSPS) is 30.3. The molecule has 0 aromatic heterocycles. The number of carboxylic acid groups (broad SMARTS) is 1. The molecule has 0 spiro atoms. The van der Waals surface area contributed by atoms with Crippen LogP contribution in [0.15, 0.2) is 24.3 Å². The van der Waals surface area contributed by atoms with Crippen LogP contribution in [0, 0.1) is 23.7 Å². The van der Waals surface area contributed by atoms with Gasteiger partial charge in [-0.1, -0.05) is 25.1 Å². The van der Waals surface area contributed by atoms with Gasteiger partial charge in [0.05, 0.1) is 11.8 Å². The summed E-state index contributed by atoms with van der Waals surface area (Å²) < 4.78 is 0. The van der Waals surface area contributed by atoms with Crippen LogP contribution in [-0.4, -0.2) is 17.0 Å². The SMILES string of the molecule is CCc1ccccc1NC(=O)[C@H]1[C@H]2CC[C@@H](C2)[C@@H]1C(=O)O. The number of amides is 1. The third-order valence-electron chi connectivity index (χ3n) is 5.16. The summed E-state index contributed by atoms with van der Waals surface area (Å²) in [4.78, 5) is 24.1. The van der Waals surface area contributed by atoms with E-state index >= 15 is 0 Å². The quantitative estimate of drug-likeness (QED) is 0.894. The summed E-state index contributed by atoms with van der Waals surface area (Å²) in [6.45, 7) is 2.04. The average Bonchev–Trinajstić information content (AvgIpc) is 3.08. The number of hydrogen-bond acceptors (Lipinski definition) is 2. The van der Waals surface area contributed by atoms with Crippen LogP contribution in [0.3, 0.4) is 0 Å². The van der Waals surface area contributed by atoms with Gasteiger partial charge in [-0.2, -0.15) is 0 Å². The molecule has 1 amide bonds. The summed E-state index contributed by atoms with van der Waals surface area (Å²) in [6.07, 6.45) is 3.68. The topological polar surface area (TPSA) is 66.4 Å². The van der Waals surface area contributed by atoms with Crippen molar-refractivity contribution in [1.82, 2.24) is 0 Å². The van der Waals surface area contributed by atoms with Crippen LogP contribution < -0.4 is 5.32 Å². The first-order valence-corrected chi connectivity index (χ1v) is 7.73. The van der Waals surface area contributed by atoms with E-state index in [0.717, 1.165) is 36.9 Å². The van der Waals surface area contributed by atoms with E-state index in [-0.39, 0.29) is 23.7 Å². The number of para-hydroxylation sites is 1. The van der Waals surface area contributed by atoms with Crippen molar-refractivity contribution in [3.63, 3.8) is 0 Å². The first-order valence-electron chi connectivity index (χ1n) is 7.73. The van der Waals surface area contributed by atoms with Gasteiger partial charge in [-0.05, 0) is 49.1 Å². The van der Waals surface area contributed by atoms with Gasteiger partial charge in [0.1, 0.15) is 0 Å². The molecule has 21 heavy (non-hydrogen) atoms. The number of aliphatic carboxylic acids is 1. The molecule has 2 fully saturated rings. The van der Waals surface area contributed by atoms with Crippen LogP contribution in [0.25, 0.3) is 0 Å². The molecule has 1 aromatic rings. The number of rotatable bonds is 4. The van der Waals surface area contributed by atoms with Crippen molar-refractivity contribution in [2.24, 2.45) is 23.7 Å². The molecule has 3 rings (SSSR count). The maximum absolute atomic E-state index is 12.6. The molecule has 4 atom stereocenters. The zero-order valence-corrected chi connectivity index (χ0v) is 12.2. The van der Waals surface area contributed by atoms with Crippen molar-refractivity contribution in [2.75, 3.05) is 5.32 Å². The Hall–Kier alpha value is -1.84. The second-order valence-corrected chi connectivity index (χ2v) is 6.22. The number of carboxylic acids is 1. The first kappa shape index (κ1) is 14.1. The number of anilines is 1. The fraction of sp³-hybridized carbons (Fsp3) is 0.529. The monoisotopic (exact) mass is 287 g/mol. The standard InChI is InChI=1S/C17H21NO3/c1-2-10-5-3-4-6-13(10)18-16(19)14-11-7-8-12(9-11)15(14)17(20)21/h3-6,11-12,14-15H,2,7-9H2,1H3,(H,18,19)(H,20,21)/t11-,12-,14-,15-/m0/s1. The number of nitrogens with one attached hydrogen (secondary N) is 1. The molecule has 2 saturated carbocycles. The van der Waals surface area contributed by atoms with Crippen LogP contribution in [0.1, 0.15) is 31.7 Å². The van der Waals surface area contributed by atoms with E-state index in [1.165, 1.54) is 0 Å². The Morgan fingerprint density at radius 3 is 2.52 bits per heavy atom. The first-order chi connectivity index (χ1) is 10.1. The Morgan fingerprint density at radius 2 is 1.86 bits per heavy atom. The molecule has 2 bridgehead atoms. The average molecular weight is 287 g/mol. The van der Waals surface area contributed by atoms with Gasteiger partial charge in [-0.25, -0.2) is 0 Å². The van der Waals surface area contributed by atoms with Gasteiger partial charge in [0, 0.05) is 5.69 Å². The summed E-state index contributed by atoms with van der Waals surface area (Å²) in [5.74, 6) is -1.38. The molecule has 2 aliphatic carbocycles. The Morgan fingerprint density at radius 1 is 1.19 bits per heavy atom. The van der Waals surface area contributed by atoms with E-state index in [9.17, 15) is 14.7 Å². The zero-order valence-electron chi connectivity index (χ0n) is 12.2. The highest BCUT2D eigenvalue weighted by Crippen LogP contribution is 2.52. The lowest BCUT2D eigenvalue weighted by molar-refractivity contribution is -0.148. The van der Waals surface area contributed by atoms with E-state index in [1.54, 1.807) is 0 Å². The largest absolute Gasteiger partial charge is 0.481 e. The molecule has 0 aliphatic heterocycles. The van der Waals surface area contributed by atoms with Crippen molar-refractivity contribution in [2.45, 2.75) is 32.6 Å². The second-order valence-electron chi connectivity index (χ2n) is 6.22. The van der Waals surface area contributed by atoms with E-state index in [4.69, 9.17) is 0 Å². The van der Waals surface area contributed by atoms with Crippen molar-refractivity contribution in [3.8, 4) is 0 Å². The maximum Gasteiger partial charge on any atom is 0.307 e. The fourth-order valence-corrected chi connectivity index (χ4v) is 4.19. The number of fused-ring (bicyclic) bond motifs is 2. The minimum atomic E-state index is -0.814. The highest BCUT2D eigenvalue weighted by Gasteiger charge is 2.53. The smallest absolute Gasteiger partial charge is 0.307 e. The lowest BCUT2D eigenvalue weighted by atomic mass is 9.78. The van der Waals surface area contributed by atoms with Crippen LogP contribution in [0.2, 0.25) is 0 Å². The number of hydrogen-bond donors (Lipinski definition) is 2. The van der Waals surface area contributed by atoms with E-state index in [2.05, 4.69) is 5.32 Å². The predicted octanol–water partition coefficient (Wildman–Crippen LogP) is 2.93. The Kier molecular flexibility index (Phi) is 3.70. The molecule has 0 saturated heterocycles. The molecule has 112 valence electrons. The number of carbonyl (C=O) groups excluding carboxylic acids is 1. The molecule has 4 nitrogen and oxygen atoms in total. The van der Waals surface area contributed by atoms with Crippen molar-refractivity contribution in [3.05, 3.63) is 29.8 Å². The number of aryl methyl sites for hydroxylation is 1. The van der Waals surface area contributed by atoms with Crippen molar-refractivity contribution in [1.29, 1.82) is 0 Å². The van der Waals surface area contributed by atoms with Gasteiger partial charge in [-0.15, -0.1) is 0 Å². The molecule has 2 aliphatic rings. The van der Waals surface area contributed by atoms with Crippen LogP contribution >= 0.6 is 0 Å². The minimum Gasteiger partial charge on any atom is -0.481 e. The minimum absolute atomic E-state index is 0.115. The fourth-order valence-electron chi connectivity index (χ4n) is 4.19. The summed E-state index contributed by atoms with van der Waals surface area (Å²) >= 11 is 0. The number of carbonyl (C=O) groups is 2. The summed E-state index contributed by atoms with van der Waals surface area (Å²) in [5.41, 5.74) is 1.90. The third kappa shape index (κ3) is 2.43. The molecule has 2 N–H and O–H groups in total. The van der Waals surface area contributed by atoms with Gasteiger partial charge >= 0.3 is 5.97 Å². The Bertz CT molecular complexity index is 569. The van der Waals surface area contributed by atoms with Crippen molar-refractivity contribution < 1.29 is 14.7 Å². The highest BCUT2D eigenvalue weighted by atomic mass is 16.4. The summed E-state index contributed by atoms with van der Waals surface area (Å²) in [5, 5.41) is 12.4. The predicted molar refractivity (Wildman–Crippen MR) is 79.9 cm³/mol. The van der Waals surface area contributed by atoms with Gasteiger partial charge in [-0.3, -0.25) is 9.59 Å². The van der Waals surface area contributed by atoms with E-state index < -0.39 is 11.9 Å². The van der Waals surface area contributed by atoms with Gasteiger partial charge in [0.2, 0.25) is 5.91 Å². The zero-order chi connectivity index (χ0) is 15.0. The summed E-state index contributed by atoms with van der Waals surface area (Å²) in [6, 6.07) is 7.72. The molecule has 0 unspecified atom stereocenters. The summed E-state index contributed by atoms with van der Waals surface area (Å²) in [7, 11) is 0. The van der Waals surface area contributed by atoms with Crippen LogP contribution in [0.5, 0.6) is 0 Å². The third-order valence-corrected chi connectivity index (χ3v) is 5.16. The highest BCUT2D eigenvalue weighted by molar-refractivity contribution is 5.96. The molecule has 1 aromatic carbocycles. The Labute approximate surface area is 124 Å².